The van der Waals surface area contributed by atoms with Gasteiger partial charge in [-0.3, -0.25) is 9.59 Å². The lowest BCUT2D eigenvalue weighted by Crippen LogP contribution is -2.13. The second-order valence-corrected chi connectivity index (χ2v) is 6.17. The van der Waals surface area contributed by atoms with Crippen LogP contribution in [-0.4, -0.2) is 17.9 Å². The van der Waals surface area contributed by atoms with Gasteiger partial charge in [-0.25, -0.2) is 0 Å². The molecule has 2 N–H and O–H groups in total. The van der Waals surface area contributed by atoms with Crippen LogP contribution in [0.4, 0.5) is 11.4 Å². The Morgan fingerprint density at radius 3 is 1.40 bits per heavy atom. The Bertz CT molecular complexity index is 662. The van der Waals surface area contributed by atoms with Gasteiger partial charge in [-0.2, -0.15) is 0 Å². The van der Waals surface area contributed by atoms with Gasteiger partial charge in [0.05, 0.1) is 6.10 Å². The predicted octanol–water partition coefficient (Wildman–Crippen LogP) is 4.12. The van der Waals surface area contributed by atoms with E-state index in [1.165, 1.54) is 13.8 Å². The first kappa shape index (κ1) is 18.7. The van der Waals surface area contributed by atoms with E-state index in [1.54, 1.807) is 0 Å². The third-order valence-electron chi connectivity index (χ3n) is 3.48. The summed E-state index contributed by atoms with van der Waals surface area (Å²) in [6.07, 6.45) is -0.173. The molecule has 2 aromatic carbocycles. The van der Waals surface area contributed by atoms with Crippen LogP contribution in [0.5, 0.6) is 0 Å². The average Bonchev–Trinajstić information content (AvgIpc) is 2.53. The van der Waals surface area contributed by atoms with E-state index in [9.17, 15) is 9.59 Å². The van der Waals surface area contributed by atoms with Crippen LogP contribution in [0, 0.1) is 0 Å². The smallest absolute Gasteiger partial charge is 0.221 e. The number of ether oxygens (including phenoxy) is 1. The van der Waals surface area contributed by atoms with E-state index >= 15 is 0 Å². The number of carbonyl (C=O) groups is 2. The van der Waals surface area contributed by atoms with Crippen molar-refractivity contribution in [3.63, 3.8) is 0 Å². The molecule has 2 amide bonds. The minimum atomic E-state index is -0.224. The number of amides is 2. The number of hydrogen-bond acceptors (Lipinski definition) is 3. The van der Waals surface area contributed by atoms with Crippen molar-refractivity contribution in [2.45, 2.75) is 39.9 Å². The molecule has 0 saturated carbocycles. The molecule has 5 heteroatoms. The summed E-state index contributed by atoms with van der Waals surface area (Å²) < 4.78 is 6.09. The van der Waals surface area contributed by atoms with Gasteiger partial charge in [-0.15, -0.1) is 0 Å². The number of nitrogens with one attached hydrogen (secondary N) is 2. The molecule has 0 atom stereocenters. The van der Waals surface area contributed by atoms with E-state index in [1.807, 2.05) is 62.4 Å². The minimum Gasteiger partial charge on any atom is -0.366 e. The van der Waals surface area contributed by atoms with E-state index in [4.69, 9.17) is 4.74 Å². The monoisotopic (exact) mass is 340 g/mol. The highest BCUT2D eigenvalue weighted by atomic mass is 16.5. The normalized spacial score (nSPS) is 10.8. The third-order valence-corrected chi connectivity index (χ3v) is 3.48. The molecule has 0 aliphatic carbocycles. The Balaban J connectivity index is 2.26. The summed E-state index contributed by atoms with van der Waals surface area (Å²) in [5.74, 6) is -0.201. The van der Waals surface area contributed by atoms with E-state index < -0.39 is 0 Å². The summed E-state index contributed by atoms with van der Waals surface area (Å²) in [4.78, 5) is 22.3. The van der Waals surface area contributed by atoms with Crippen LogP contribution in [-0.2, 0) is 14.3 Å². The molecule has 0 unspecified atom stereocenters. The van der Waals surface area contributed by atoms with Crippen LogP contribution >= 0.6 is 0 Å². The zero-order valence-corrected chi connectivity index (χ0v) is 15.0. The first-order valence-electron chi connectivity index (χ1n) is 8.25. The molecule has 132 valence electrons. The van der Waals surface area contributed by atoms with Gasteiger partial charge < -0.3 is 15.4 Å². The second kappa shape index (κ2) is 8.44. The second-order valence-electron chi connectivity index (χ2n) is 6.17. The standard InChI is InChI=1S/C20H24N2O3/c1-13(2)25-20(16-5-9-18(10-6-16)21-14(3)23)17-7-11-19(12-8-17)22-15(4)24/h5-13,20H,1-4H3,(H,21,23)(H,22,24). The first-order valence-corrected chi connectivity index (χ1v) is 8.25. The third kappa shape index (κ3) is 5.72. The Kier molecular flexibility index (Phi) is 6.31. The topological polar surface area (TPSA) is 67.4 Å². The van der Waals surface area contributed by atoms with Gasteiger partial charge in [-0.05, 0) is 49.2 Å². The van der Waals surface area contributed by atoms with Gasteiger partial charge in [0.15, 0.2) is 0 Å². The molecule has 2 aromatic rings. The van der Waals surface area contributed by atoms with Crippen LogP contribution in [0.15, 0.2) is 48.5 Å². The SMILES string of the molecule is CC(=O)Nc1ccc(C(OC(C)C)c2ccc(NC(C)=O)cc2)cc1. The van der Waals surface area contributed by atoms with Crippen LogP contribution < -0.4 is 10.6 Å². The molecular weight excluding hydrogens is 316 g/mol. The Morgan fingerprint density at radius 1 is 0.760 bits per heavy atom. The summed E-state index contributed by atoms with van der Waals surface area (Å²) in [5.41, 5.74) is 3.49. The fourth-order valence-electron chi connectivity index (χ4n) is 2.51. The Labute approximate surface area is 148 Å². The molecule has 0 fully saturated rings. The van der Waals surface area contributed by atoms with Crippen molar-refractivity contribution < 1.29 is 14.3 Å². The molecule has 0 saturated heterocycles. The van der Waals surface area contributed by atoms with E-state index in [-0.39, 0.29) is 24.0 Å². The Morgan fingerprint density at radius 2 is 1.12 bits per heavy atom. The molecule has 0 bridgehead atoms. The van der Waals surface area contributed by atoms with Crippen molar-refractivity contribution in [2.75, 3.05) is 10.6 Å². The summed E-state index contributed by atoms with van der Waals surface area (Å²) in [5, 5.41) is 5.51. The minimum absolute atomic E-state index is 0.0510. The summed E-state index contributed by atoms with van der Waals surface area (Å²) in [6.45, 7) is 6.94. The van der Waals surface area contributed by atoms with E-state index in [0.717, 1.165) is 22.5 Å². The molecule has 0 radical (unpaired) electrons. The molecule has 0 heterocycles. The lowest BCUT2D eigenvalue weighted by Gasteiger charge is -2.22. The summed E-state index contributed by atoms with van der Waals surface area (Å²) >= 11 is 0. The highest BCUT2D eigenvalue weighted by Crippen LogP contribution is 2.29. The van der Waals surface area contributed by atoms with Gasteiger partial charge >= 0.3 is 0 Å². The molecule has 25 heavy (non-hydrogen) atoms. The van der Waals surface area contributed by atoms with Crippen molar-refractivity contribution in [2.24, 2.45) is 0 Å². The largest absolute Gasteiger partial charge is 0.366 e. The summed E-state index contributed by atoms with van der Waals surface area (Å²) in [7, 11) is 0. The zero-order chi connectivity index (χ0) is 18.4. The van der Waals surface area contributed by atoms with Crippen molar-refractivity contribution >= 4 is 23.2 Å². The molecule has 0 aromatic heterocycles. The molecular formula is C20H24N2O3. The first-order chi connectivity index (χ1) is 11.8. The van der Waals surface area contributed by atoms with Gasteiger partial charge in [0.1, 0.15) is 6.10 Å². The van der Waals surface area contributed by atoms with Crippen molar-refractivity contribution in [1.82, 2.24) is 0 Å². The van der Waals surface area contributed by atoms with Crippen molar-refractivity contribution in [3.05, 3.63) is 59.7 Å². The quantitative estimate of drug-likeness (QED) is 0.831. The molecule has 2 rings (SSSR count). The van der Waals surface area contributed by atoms with E-state index in [0.29, 0.717) is 0 Å². The van der Waals surface area contributed by atoms with Crippen LogP contribution in [0.25, 0.3) is 0 Å². The zero-order valence-electron chi connectivity index (χ0n) is 15.0. The van der Waals surface area contributed by atoms with Crippen LogP contribution in [0.2, 0.25) is 0 Å². The number of benzene rings is 2. The number of anilines is 2. The molecule has 0 spiro atoms. The fraction of sp³-hybridized carbons (Fsp3) is 0.300. The fourth-order valence-corrected chi connectivity index (χ4v) is 2.51. The van der Waals surface area contributed by atoms with Crippen molar-refractivity contribution in [3.8, 4) is 0 Å². The Hall–Kier alpha value is -2.66. The van der Waals surface area contributed by atoms with E-state index in [2.05, 4.69) is 10.6 Å². The lowest BCUT2D eigenvalue weighted by molar-refractivity contribution is -0.115. The van der Waals surface area contributed by atoms with Gasteiger partial charge in [0.2, 0.25) is 11.8 Å². The van der Waals surface area contributed by atoms with Crippen LogP contribution in [0.3, 0.4) is 0 Å². The average molecular weight is 340 g/mol. The highest BCUT2D eigenvalue weighted by Gasteiger charge is 2.16. The highest BCUT2D eigenvalue weighted by molar-refractivity contribution is 5.89. The maximum atomic E-state index is 11.1. The lowest BCUT2D eigenvalue weighted by atomic mass is 10.0. The maximum absolute atomic E-state index is 11.1. The number of hydrogen-bond donors (Lipinski definition) is 2. The molecule has 0 aliphatic heterocycles. The van der Waals surface area contributed by atoms with Gasteiger partial charge in [0.25, 0.3) is 0 Å². The number of rotatable bonds is 6. The van der Waals surface area contributed by atoms with Gasteiger partial charge in [-0.1, -0.05) is 24.3 Å². The van der Waals surface area contributed by atoms with Crippen LogP contribution in [0.1, 0.15) is 44.9 Å². The van der Waals surface area contributed by atoms with Gasteiger partial charge in [0, 0.05) is 25.2 Å². The summed E-state index contributed by atoms with van der Waals surface area (Å²) in [6, 6.07) is 15.2. The predicted molar refractivity (Wildman–Crippen MR) is 99.6 cm³/mol. The number of carbonyl (C=O) groups excluding carboxylic acids is 2. The molecule has 0 aliphatic rings. The maximum Gasteiger partial charge on any atom is 0.221 e. The van der Waals surface area contributed by atoms with Crippen molar-refractivity contribution in [1.29, 1.82) is 0 Å². The molecule has 5 nitrogen and oxygen atoms in total.